The molecule has 1 aromatic carbocycles. The zero-order chi connectivity index (χ0) is 15.4. The minimum absolute atomic E-state index is 0.0730. The smallest absolute Gasteiger partial charge is 0.337 e. The lowest BCUT2D eigenvalue weighted by Crippen LogP contribution is -2.21. The van der Waals surface area contributed by atoms with Gasteiger partial charge >= 0.3 is 5.97 Å². The van der Waals surface area contributed by atoms with Crippen molar-refractivity contribution >= 4 is 61.2 Å². The van der Waals surface area contributed by atoms with E-state index in [0.717, 1.165) is 24.3 Å². The van der Waals surface area contributed by atoms with Crippen molar-refractivity contribution in [2.24, 2.45) is 5.92 Å². The van der Waals surface area contributed by atoms with E-state index in [1.807, 2.05) is 11.8 Å². The number of carbonyl (C=O) groups excluding carboxylic acids is 1. The summed E-state index contributed by atoms with van der Waals surface area (Å²) in [6, 6.07) is 3.21. The van der Waals surface area contributed by atoms with Crippen molar-refractivity contribution in [3.8, 4) is 0 Å². The van der Waals surface area contributed by atoms with Crippen LogP contribution in [0.3, 0.4) is 0 Å². The van der Waals surface area contributed by atoms with Crippen molar-refractivity contribution in [1.29, 1.82) is 0 Å². The van der Waals surface area contributed by atoms with E-state index >= 15 is 0 Å². The Morgan fingerprint density at radius 1 is 1.29 bits per heavy atom. The number of nitrogens with one attached hydrogen (secondary N) is 1. The molecular weight excluding hydrogens is 422 g/mol. The largest absolute Gasteiger partial charge is 0.478 e. The summed E-state index contributed by atoms with van der Waals surface area (Å²) < 4.78 is 1.20. The third-order valence-electron chi connectivity index (χ3n) is 3.36. The van der Waals surface area contributed by atoms with Crippen LogP contribution in [0.5, 0.6) is 0 Å². The van der Waals surface area contributed by atoms with Gasteiger partial charge in [0, 0.05) is 15.4 Å². The van der Waals surface area contributed by atoms with Gasteiger partial charge in [0.15, 0.2) is 0 Å². The number of aromatic carboxylic acids is 1. The number of rotatable bonds is 4. The van der Waals surface area contributed by atoms with Gasteiger partial charge in [0.25, 0.3) is 0 Å². The van der Waals surface area contributed by atoms with Crippen LogP contribution in [0, 0.1) is 5.92 Å². The van der Waals surface area contributed by atoms with Crippen LogP contribution in [0.15, 0.2) is 21.1 Å². The van der Waals surface area contributed by atoms with Crippen LogP contribution in [0.4, 0.5) is 5.69 Å². The van der Waals surface area contributed by atoms with E-state index in [4.69, 9.17) is 0 Å². The SMILES string of the molecule is O=C(CC1CCSCC1)Nc1c(Br)cc(Br)cc1C(=O)O. The Labute approximate surface area is 144 Å². The first-order chi connectivity index (χ1) is 9.97. The molecule has 4 nitrogen and oxygen atoms in total. The van der Waals surface area contributed by atoms with E-state index in [2.05, 4.69) is 37.2 Å². The molecule has 21 heavy (non-hydrogen) atoms. The minimum atomic E-state index is -1.07. The Morgan fingerprint density at radius 3 is 2.57 bits per heavy atom. The lowest BCUT2D eigenvalue weighted by atomic mass is 9.98. The van der Waals surface area contributed by atoms with Crippen molar-refractivity contribution in [3.63, 3.8) is 0 Å². The van der Waals surface area contributed by atoms with Gasteiger partial charge in [0.05, 0.1) is 11.3 Å². The molecule has 1 aromatic rings. The van der Waals surface area contributed by atoms with Crippen molar-refractivity contribution in [2.45, 2.75) is 19.3 Å². The summed E-state index contributed by atoms with van der Waals surface area (Å²) in [6.07, 6.45) is 2.54. The topological polar surface area (TPSA) is 66.4 Å². The molecule has 0 spiro atoms. The summed E-state index contributed by atoms with van der Waals surface area (Å²) in [6.45, 7) is 0. The maximum absolute atomic E-state index is 12.1. The maximum atomic E-state index is 12.1. The van der Waals surface area contributed by atoms with Crippen LogP contribution >= 0.6 is 43.6 Å². The lowest BCUT2D eigenvalue weighted by Gasteiger charge is -2.21. The number of hydrogen-bond acceptors (Lipinski definition) is 3. The molecule has 0 bridgehead atoms. The first kappa shape index (κ1) is 16.8. The van der Waals surface area contributed by atoms with Gasteiger partial charge in [-0.15, -0.1) is 0 Å². The number of halogens is 2. The molecule has 0 saturated carbocycles. The van der Waals surface area contributed by atoms with Crippen LogP contribution in [0.25, 0.3) is 0 Å². The summed E-state index contributed by atoms with van der Waals surface area (Å²) in [4.78, 5) is 23.5. The number of thioether (sulfide) groups is 1. The van der Waals surface area contributed by atoms with Gasteiger partial charge in [-0.3, -0.25) is 4.79 Å². The zero-order valence-corrected chi connectivity index (χ0v) is 15.2. The van der Waals surface area contributed by atoms with Gasteiger partial charge in [0.2, 0.25) is 5.91 Å². The lowest BCUT2D eigenvalue weighted by molar-refractivity contribution is -0.117. The van der Waals surface area contributed by atoms with Crippen molar-refractivity contribution in [2.75, 3.05) is 16.8 Å². The van der Waals surface area contributed by atoms with Crippen LogP contribution in [0.2, 0.25) is 0 Å². The molecule has 1 aliphatic rings. The average molecular weight is 437 g/mol. The molecule has 2 rings (SSSR count). The van der Waals surface area contributed by atoms with Gasteiger partial charge in [-0.25, -0.2) is 4.79 Å². The highest BCUT2D eigenvalue weighted by Gasteiger charge is 2.20. The first-order valence-electron chi connectivity index (χ1n) is 6.57. The summed E-state index contributed by atoms with van der Waals surface area (Å²) in [5, 5.41) is 12.0. The molecule has 0 atom stereocenters. The number of benzene rings is 1. The second-order valence-electron chi connectivity index (χ2n) is 4.92. The summed E-state index contributed by atoms with van der Waals surface area (Å²) in [5.41, 5.74) is 0.393. The molecule has 1 saturated heterocycles. The predicted molar refractivity (Wildman–Crippen MR) is 92.1 cm³/mol. The predicted octanol–water partition coefficient (Wildman–Crippen LogP) is 4.38. The van der Waals surface area contributed by atoms with Crippen LogP contribution in [0.1, 0.15) is 29.6 Å². The molecule has 1 amide bonds. The fraction of sp³-hybridized carbons (Fsp3) is 0.429. The molecule has 2 N–H and O–H groups in total. The molecule has 7 heteroatoms. The Balaban J connectivity index is 2.11. The van der Waals surface area contributed by atoms with Gasteiger partial charge in [-0.05, 0) is 58.3 Å². The second kappa shape index (κ2) is 7.65. The van der Waals surface area contributed by atoms with E-state index in [-0.39, 0.29) is 11.5 Å². The number of carboxylic acids is 1. The number of carbonyl (C=O) groups is 2. The molecule has 114 valence electrons. The normalized spacial score (nSPS) is 15.7. The highest BCUT2D eigenvalue weighted by molar-refractivity contribution is 9.11. The highest BCUT2D eigenvalue weighted by Crippen LogP contribution is 2.32. The Morgan fingerprint density at radius 2 is 1.95 bits per heavy atom. The fourth-order valence-electron chi connectivity index (χ4n) is 2.27. The molecule has 0 aliphatic carbocycles. The molecular formula is C14H15Br2NO3S. The van der Waals surface area contributed by atoms with E-state index in [1.54, 1.807) is 6.07 Å². The number of carboxylic acid groups (broad SMARTS) is 1. The minimum Gasteiger partial charge on any atom is -0.478 e. The number of amides is 1. The molecule has 0 radical (unpaired) electrons. The van der Waals surface area contributed by atoms with E-state index in [0.29, 0.717) is 27.0 Å². The van der Waals surface area contributed by atoms with Crippen molar-refractivity contribution in [1.82, 2.24) is 0 Å². The van der Waals surface area contributed by atoms with Crippen LogP contribution < -0.4 is 5.32 Å². The number of anilines is 1. The summed E-state index contributed by atoms with van der Waals surface area (Å²) >= 11 is 8.48. The quantitative estimate of drug-likeness (QED) is 0.734. The zero-order valence-electron chi connectivity index (χ0n) is 11.2. The number of hydrogen-bond donors (Lipinski definition) is 2. The monoisotopic (exact) mass is 435 g/mol. The van der Waals surface area contributed by atoms with Gasteiger partial charge in [0.1, 0.15) is 0 Å². The van der Waals surface area contributed by atoms with E-state index in [9.17, 15) is 14.7 Å². The first-order valence-corrected chi connectivity index (χ1v) is 9.31. The van der Waals surface area contributed by atoms with E-state index < -0.39 is 5.97 Å². The third kappa shape index (κ3) is 4.72. The van der Waals surface area contributed by atoms with Crippen LogP contribution in [-0.2, 0) is 4.79 Å². The molecule has 0 aromatic heterocycles. The third-order valence-corrected chi connectivity index (χ3v) is 5.50. The van der Waals surface area contributed by atoms with Crippen molar-refractivity contribution < 1.29 is 14.7 Å². The fourth-order valence-corrected chi connectivity index (χ4v) is 4.80. The Hall–Kier alpha value is -0.530. The summed E-state index contributed by atoms with van der Waals surface area (Å²) in [5.74, 6) is 1.40. The molecule has 1 aliphatic heterocycles. The molecule has 0 unspecified atom stereocenters. The van der Waals surface area contributed by atoms with Gasteiger partial charge < -0.3 is 10.4 Å². The van der Waals surface area contributed by atoms with Crippen molar-refractivity contribution in [3.05, 3.63) is 26.6 Å². The Bertz CT molecular complexity index is 559. The van der Waals surface area contributed by atoms with E-state index in [1.165, 1.54) is 6.07 Å². The average Bonchev–Trinajstić information content (AvgIpc) is 2.42. The van der Waals surface area contributed by atoms with Gasteiger partial charge in [-0.1, -0.05) is 15.9 Å². The standard InChI is InChI=1S/C14H15Br2NO3S/c15-9-6-10(14(19)20)13(11(16)7-9)17-12(18)5-8-1-3-21-4-2-8/h6-8H,1-5H2,(H,17,18)(H,19,20). The molecule has 1 fully saturated rings. The van der Waals surface area contributed by atoms with Crippen LogP contribution in [-0.4, -0.2) is 28.5 Å². The summed E-state index contributed by atoms with van der Waals surface area (Å²) in [7, 11) is 0. The molecule has 1 heterocycles. The maximum Gasteiger partial charge on any atom is 0.337 e. The Kier molecular flexibility index (Phi) is 6.13. The second-order valence-corrected chi connectivity index (χ2v) is 7.92. The van der Waals surface area contributed by atoms with Gasteiger partial charge in [-0.2, -0.15) is 11.8 Å². The highest BCUT2D eigenvalue weighted by atomic mass is 79.9.